The highest BCUT2D eigenvalue weighted by Gasteiger charge is 2.30. The van der Waals surface area contributed by atoms with E-state index in [-0.39, 0.29) is 0 Å². The molecule has 5 rings (SSSR count). The molecule has 0 bridgehead atoms. The van der Waals surface area contributed by atoms with Crippen LogP contribution in [-0.4, -0.2) is 6.15 Å². The van der Waals surface area contributed by atoms with E-state index in [1.807, 2.05) is 27.4 Å². The maximum Gasteiger partial charge on any atom is 0.108 e. The zero-order valence-corrected chi connectivity index (χ0v) is 19.6. The highest BCUT2D eigenvalue weighted by atomic mass is 31.0. The Bertz CT molecular complexity index is 1030. The van der Waals surface area contributed by atoms with Crippen molar-refractivity contribution in [2.45, 2.75) is 0 Å². The molecule has 32 heavy (non-hydrogen) atoms. The summed E-state index contributed by atoms with van der Waals surface area (Å²) in [7, 11) is 1.90. The first-order chi connectivity index (χ1) is 15.8. The first kappa shape index (κ1) is 21.8. The highest BCUT2D eigenvalue weighted by molar-refractivity contribution is 7.27. The molecule has 0 aliphatic heterocycles. The van der Waals surface area contributed by atoms with Gasteiger partial charge >= 0.3 is 0 Å². The van der Waals surface area contributed by atoms with Crippen molar-refractivity contribution in [3.05, 3.63) is 152 Å². The van der Waals surface area contributed by atoms with Crippen molar-refractivity contribution in [1.82, 2.24) is 0 Å². The molecule has 0 heterocycles. The lowest BCUT2D eigenvalue weighted by Crippen LogP contribution is -2.74. The van der Waals surface area contributed by atoms with Gasteiger partial charge in [-0.05, 0) is 12.1 Å². The average molecular weight is 430 g/mol. The summed E-state index contributed by atoms with van der Waals surface area (Å²) in [6.07, 6.45) is -1.22. The first-order valence-electron chi connectivity index (χ1n) is 11.1. The number of hydrogen-bond acceptors (Lipinski definition) is 0. The molecule has 0 aliphatic carbocycles. The summed E-state index contributed by atoms with van der Waals surface area (Å²) in [5.41, 5.74) is 5.36. The van der Waals surface area contributed by atoms with Crippen molar-refractivity contribution in [3.8, 4) is 0 Å². The van der Waals surface area contributed by atoms with Crippen LogP contribution in [0.4, 0.5) is 0 Å². The Morgan fingerprint density at radius 2 is 0.531 bits per heavy atom. The van der Waals surface area contributed by atoms with E-state index in [2.05, 4.69) is 133 Å². The molecule has 0 saturated heterocycles. The molecule has 0 nitrogen and oxygen atoms in total. The van der Waals surface area contributed by atoms with Crippen molar-refractivity contribution in [1.29, 1.82) is 0 Å². The Labute approximate surface area is 194 Å². The quantitative estimate of drug-likeness (QED) is 0.299. The van der Waals surface area contributed by atoms with Gasteiger partial charge in [-0.1, -0.05) is 140 Å². The van der Waals surface area contributed by atoms with Crippen LogP contribution < -0.4 is 27.2 Å². The van der Waals surface area contributed by atoms with Gasteiger partial charge in [0.15, 0.2) is 0 Å². The molecule has 0 aliphatic rings. The van der Waals surface area contributed by atoms with Gasteiger partial charge in [0.2, 0.25) is 0 Å². The molecule has 5 aromatic rings. The Morgan fingerprint density at radius 3 is 0.719 bits per heavy atom. The van der Waals surface area contributed by atoms with Gasteiger partial charge in [-0.3, -0.25) is 0 Å². The molecule has 5 aromatic carbocycles. The minimum absolute atomic E-state index is 1.22. The van der Waals surface area contributed by atoms with Gasteiger partial charge in [0.1, 0.15) is 6.15 Å². The molecule has 0 saturated carbocycles. The van der Waals surface area contributed by atoms with E-state index in [1.165, 1.54) is 27.2 Å². The third-order valence-corrected chi connectivity index (χ3v) is 6.51. The van der Waals surface area contributed by atoms with Crippen molar-refractivity contribution >= 4 is 42.5 Å². The fourth-order valence-corrected chi connectivity index (χ4v) is 4.87. The van der Waals surface area contributed by atoms with Gasteiger partial charge in [-0.2, -0.15) is 21.9 Å². The van der Waals surface area contributed by atoms with E-state index in [0.717, 1.165) is 0 Å². The van der Waals surface area contributed by atoms with Crippen LogP contribution in [0.25, 0.3) is 0 Å². The van der Waals surface area contributed by atoms with E-state index in [9.17, 15) is 0 Å². The number of benzene rings is 5. The van der Waals surface area contributed by atoms with Gasteiger partial charge in [0.25, 0.3) is 0 Å². The SMILES string of the molecule is [PH3+]c1ccccc1.c1ccc([B-](c2ccccc2)(c2ccccc2)c2ccccc2)cc1. The molecule has 0 amide bonds. The maximum atomic E-state index is 2.26. The van der Waals surface area contributed by atoms with Crippen molar-refractivity contribution in [3.63, 3.8) is 0 Å². The summed E-state index contributed by atoms with van der Waals surface area (Å²) < 4.78 is 0. The summed E-state index contributed by atoms with van der Waals surface area (Å²) in [5.74, 6) is 0. The largest absolute Gasteiger partial charge is 0.195 e. The van der Waals surface area contributed by atoms with Crippen LogP contribution in [0, 0.1) is 0 Å². The minimum atomic E-state index is -1.22. The molecule has 0 N–H and O–H groups in total. The molecular weight excluding hydrogens is 402 g/mol. The third-order valence-electron chi connectivity index (χ3n) is 6.04. The van der Waals surface area contributed by atoms with Gasteiger partial charge in [0, 0.05) is 9.24 Å². The topological polar surface area (TPSA) is 0 Å². The van der Waals surface area contributed by atoms with Crippen LogP contribution in [-0.2, 0) is 0 Å². The monoisotopic (exact) mass is 430 g/mol. The molecule has 2 heteroatoms. The lowest BCUT2D eigenvalue weighted by Gasteiger charge is -2.44. The molecule has 1 unspecified atom stereocenters. The standard InChI is InChI=1S/C24H20B.C6H7P/c1-5-13-21(14-6-1)25(22-15-7-2-8-16-22,23-17-9-3-10-18-23)24-19-11-4-12-20-24;7-6-4-2-1-3-5-6/h1-20H;1-5H,7H2/q-1;/p+1. The Morgan fingerprint density at radius 1 is 0.312 bits per heavy atom. The molecule has 1 atom stereocenters. The van der Waals surface area contributed by atoms with Crippen LogP contribution in [0.3, 0.4) is 0 Å². The molecule has 0 radical (unpaired) electrons. The first-order valence-corrected chi connectivity index (χ1v) is 11.8. The van der Waals surface area contributed by atoms with Crippen LogP contribution >= 0.6 is 9.24 Å². The van der Waals surface area contributed by atoms with Crippen LogP contribution in [0.5, 0.6) is 0 Å². The lowest BCUT2D eigenvalue weighted by atomic mass is 9.13. The minimum Gasteiger partial charge on any atom is -0.195 e. The van der Waals surface area contributed by atoms with Crippen molar-refractivity contribution < 1.29 is 0 Å². The van der Waals surface area contributed by atoms with Crippen molar-refractivity contribution in [2.75, 3.05) is 0 Å². The lowest BCUT2D eigenvalue weighted by molar-refractivity contribution is 1.66. The van der Waals surface area contributed by atoms with E-state index in [0.29, 0.717) is 0 Å². The van der Waals surface area contributed by atoms with Gasteiger partial charge < -0.3 is 0 Å². The summed E-state index contributed by atoms with van der Waals surface area (Å²) in [5, 5.41) is 1.35. The Hall–Kier alpha value is -3.41. The Balaban J connectivity index is 0.000000300. The van der Waals surface area contributed by atoms with Crippen molar-refractivity contribution in [2.24, 2.45) is 0 Å². The average Bonchev–Trinajstić information content (AvgIpc) is 2.88. The normalized spacial score (nSPS) is 10.8. The van der Waals surface area contributed by atoms with E-state index in [1.54, 1.807) is 0 Å². The third kappa shape index (κ3) is 4.74. The fourth-order valence-electron chi connectivity index (χ4n) is 4.60. The van der Waals surface area contributed by atoms with Crippen LogP contribution in [0.2, 0.25) is 0 Å². The predicted octanol–water partition coefficient (Wildman–Crippen LogP) is 3.98. The van der Waals surface area contributed by atoms with Gasteiger partial charge in [-0.25, -0.2) is 0 Å². The van der Waals surface area contributed by atoms with Gasteiger partial charge in [0.05, 0.1) is 5.30 Å². The molecule has 0 fully saturated rings. The summed E-state index contributed by atoms with van der Waals surface area (Å²) in [6, 6.07) is 53.8. The van der Waals surface area contributed by atoms with E-state index < -0.39 is 6.15 Å². The smallest absolute Gasteiger partial charge is 0.108 e. The zero-order chi connectivity index (χ0) is 22.1. The van der Waals surface area contributed by atoms with Gasteiger partial charge in [-0.15, -0.1) is 0 Å². The molecule has 0 spiro atoms. The fraction of sp³-hybridized carbons (Fsp3) is 0. The Kier molecular flexibility index (Phi) is 7.33. The maximum absolute atomic E-state index is 2.26. The number of rotatable bonds is 4. The van der Waals surface area contributed by atoms with E-state index >= 15 is 0 Å². The summed E-state index contributed by atoms with van der Waals surface area (Å²) >= 11 is 0. The molecular formula is C30H28BP. The summed E-state index contributed by atoms with van der Waals surface area (Å²) in [4.78, 5) is 0. The zero-order valence-electron chi connectivity index (χ0n) is 18.2. The summed E-state index contributed by atoms with van der Waals surface area (Å²) in [6.45, 7) is 0. The molecule has 156 valence electrons. The second kappa shape index (κ2) is 10.8. The van der Waals surface area contributed by atoms with Crippen LogP contribution in [0.1, 0.15) is 0 Å². The predicted molar refractivity (Wildman–Crippen MR) is 147 cm³/mol. The highest BCUT2D eigenvalue weighted by Crippen LogP contribution is 2.09. The number of hydrogen-bond donors (Lipinski definition) is 0. The van der Waals surface area contributed by atoms with E-state index in [4.69, 9.17) is 0 Å². The molecule has 0 aromatic heterocycles. The second-order valence-corrected chi connectivity index (χ2v) is 8.81. The second-order valence-electron chi connectivity index (χ2n) is 7.99. The van der Waals surface area contributed by atoms with Crippen LogP contribution in [0.15, 0.2) is 152 Å².